The third kappa shape index (κ3) is 4.56. The van der Waals surface area contributed by atoms with E-state index in [1.807, 2.05) is 29.8 Å². The number of carbonyl (C=O) groups excluding carboxylic acids is 1. The maximum atomic E-state index is 13.5. The summed E-state index contributed by atoms with van der Waals surface area (Å²) in [6, 6.07) is 10.3. The van der Waals surface area contributed by atoms with Crippen LogP contribution >= 0.6 is 0 Å². The predicted octanol–water partition coefficient (Wildman–Crippen LogP) is 4.17. The second-order valence-corrected chi connectivity index (χ2v) is 8.38. The van der Waals surface area contributed by atoms with Gasteiger partial charge in [0.05, 0.1) is 28.9 Å². The first-order valence-electron chi connectivity index (χ1n) is 11.1. The maximum absolute atomic E-state index is 13.5. The molecule has 1 aliphatic heterocycles. The lowest BCUT2D eigenvalue weighted by molar-refractivity contribution is 0.0902. The molecule has 1 aromatic carbocycles. The van der Waals surface area contributed by atoms with Crippen molar-refractivity contribution in [2.24, 2.45) is 5.92 Å². The average Bonchev–Trinajstić information content (AvgIpc) is 3.22. The number of anilines is 1. The number of amides is 1. The highest BCUT2D eigenvalue weighted by Crippen LogP contribution is 2.30. The minimum atomic E-state index is -0.129. The summed E-state index contributed by atoms with van der Waals surface area (Å²) in [6.45, 7) is 8.45. The standard InChI is InChI=1S/C24H31N5O2/c1-4-29-23-19(15-26-29)22(27-18-10-12-31-13-11-18)20(14-25-23)24(30)28-21(16(2)3)17-8-6-5-7-9-17/h5-9,14-16,18,21H,4,10-13H2,1-3H3,(H,25,27)(H,28,30). The number of aromatic nitrogens is 3. The predicted molar refractivity (Wildman–Crippen MR) is 122 cm³/mol. The molecule has 0 spiro atoms. The van der Waals surface area contributed by atoms with Crippen molar-refractivity contribution in [1.29, 1.82) is 0 Å². The number of ether oxygens (including phenoxy) is 1. The summed E-state index contributed by atoms with van der Waals surface area (Å²) < 4.78 is 7.36. The Morgan fingerprint density at radius 1 is 1.19 bits per heavy atom. The van der Waals surface area contributed by atoms with Crippen LogP contribution in [0.4, 0.5) is 5.69 Å². The maximum Gasteiger partial charge on any atom is 0.255 e. The Morgan fingerprint density at radius 2 is 1.94 bits per heavy atom. The SMILES string of the molecule is CCn1ncc2c(NC3CCOCC3)c(C(=O)NC(c3ccccc3)C(C)C)cnc21. The zero-order valence-electron chi connectivity index (χ0n) is 18.5. The fraction of sp³-hybridized carbons (Fsp3) is 0.458. The molecule has 1 amide bonds. The molecule has 2 aromatic heterocycles. The van der Waals surface area contributed by atoms with Gasteiger partial charge in [0.2, 0.25) is 0 Å². The Morgan fingerprint density at radius 3 is 2.61 bits per heavy atom. The van der Waals surface area contributed by atoms with Gasteiger partial charge in [0.25, 0.3) is 5.91 Å². The van der Waals surface area contributed by atoms with E-state index in [-0.39, 0.29) is 23.9 Å². The summed E-state index contributed by atoms with van der Waals surface area (Å²) in [5.74, 6) is 0.119. The van der Waals surface area contributed by atoms with Crippen LogP contribution in [0.15, 0.2) is 42.7 Å². The zero-order valence-corrected chi connectivity index (χ0v) is 18.5. The van der Waals surface area contributed by atoms with E-state index < -0.39 is 0 Å². The first-order chi connectivity index (χ1) is 15.1. The summed E-state index contributed by atoms with van der Waals surface area (Å²) >= 11 is 0. The molecule has 1 atom stereocenters. The number of pyridine rings is 1. The number of nitrogens with one attached hydrogen (secondary N) is 2. The molecule has 3 aromatic rings. The average molecular weight is 422 g/mol. The fourth-order valence-electron chi connectivity index (χ4n) is 4.15. The van der Waals surface area contributed by atoms with Crippen LogP contribution in [0.1, 0.15) is 55.6 Å². The molecule has 164 valence electrons. The second-order valence-electron chi connectivity index (χ2n) is 8.38. The first kappa shape index (κ1) is 21.3. The minimum Gasteiger partial charge on any atom is -0.381 e. The van der Waals surface area contributed by atoms with Crippen molar-refractivity contribution < 1.29 is 9.53 Å². The zero-order chi connectivity index (χ0) is 21.8. The Hall–Kier alpha value is -2.93. The summed E-state index contributed by atoms with van der Waals surface area (Å²) in [6.07, 6.45) is 5.30. The highest BCUT2D eigenvalue weighted by atomic mass is 16.5. The summed E-state index contributed by atoms with van der Waals surface area (Å²) in [5.41, 5.74) is 3.25. The number of benzene rings is 1. The van der Waals surface area contributed by atoms with Crippen molar-refractivity contribution in [3.63, 3.8) is 0 Å². The van der Waals surface area contributed by atoms with Crippen molar-refractivity contribution in [3.8, 4) is 0 Å². The van der Waals surface area contributed by atoms with E-state index in [1.165, 1.54) is 0 Å². The molecular formula is C24H31N5O2. The minimum absolute atomic E-state index is 0.0845. The van der Waals surface area contributed by atoms with Crippen LogP contribution < -0.4 is 10.6 Å². The normalized spacial score (nSPS) is 15.9. The number of nitrogens with zero attached hydrogens (tertiary/aromatic N) is 3. The van der Waals surface area contributed by atoms with E-state index in [0.717, 1.165) is 54.9 Å². The van der Waals surface area contributed by atoms with Crippen molar-refractivity contribution in [3.05, 3.63) is 53.9 Å². The van der Waals surface area contributed by atoms with Gasteiger partial charge in [-0.05, 0) is 31.2 Å². The van der Waals surface area contributed by atoms with Crippen LogP contribution in [0.2, 0.25) is 0 Å². The number of carbonyl (C=O) groups is 1. The van der Waals surface area contributed by atoms with Gasteiger partial charge in [-0.2, -0.15) is 5.10 Å². The molecule has 3 heterocycles. The van der Waals surface area contributed by atoms with Crippen molar-refractivity contribution >= 4 is 22.6 Å². The number of hydrogen-bond donors (Lipinski definition) is 2. The van der Waals surface area contributed by atoms with Crippen LogP contribution in [-0.4, -0.2) is 39.9 Å². The molecule has 1 fully saturated rings. The molecule has 2 N–H and O–H groups in total. The van der Waals surface area contributed by atoms with Gasteiger partial charge in [-0.15, -0.1) is 0 Å². The lowest BCUT2D eigenvalue weighted by Gasteiger charge is -2.27. The largest absolute Gasteiger partial charge is 0.381 e. The topological polar surface area (TPSA) is 81.1 Å². The molecule has 0 saturated carbocycles. The van der Waals surface area contributed by atoms with Crippen LogP contribution in [-0.2, 0) is 11.3 Å². The van der Waals surface area contributed by atoms with Crippen LogP contribution in [0.5, 0.6) is 0 Å². The monoisotopic (exact) mass is 421 g/mol. The van der Waals surface area contributed by atoms with E-state index in [9.17, 15) is 4.79 Å². The Kier molecular flexibility index (Phi) is 6.51. The van der Waals surface area contributed by atoms with Gasteiger partial charge in [-0.25, -0.2) is 9.67 Å². The van der Waals surface area contributed by atoms with Crippen molar-refractivity contribution in [2.45, 2.75) is 52.2 Å². The number of hydrogen-bond acceptors (Lipinski definition) is 5. The number of aryl methyl sites for hydroxylation is 1. The van der Waals surface area contributed by atoms with E-state index >= 15 is 0 Å². The van der Waals surface area contributed by atoms with Gasteiger partial charge in [0.15, 0.2) is 5.65 Å². The lowest BCUT2D eigenvalue weighted by Crippen LogP contribution is -2.33. The third-order valence-electron chi connectivity index (χ3n) is 5.89. The fourth-order valence-corrected chi connectivity index (χ4v) is 4.15. The Labute approximate surface area is 183 Å². The number of fused-ring (bicyclic) bond motifs is 1. The summed E-state index contributed by atoms with van der Waals surface area (Å²) in [7, 11) is 0. The lowest BCUT2D eigenvalue weighted by atomic mass is 9.95. The molecule has 4 rings (SSSR count). The first-order valence-corrected chi connectivity index (χ1v) is 11.1. The van der Waals surface area contributed by atoms with Crippen LogP contribution in [0.25, 0.3) is 11.0 Å². The molecule has 0 aliphatic carbocycles. The van der Waals surface area contributed by atoms with Gasteiger partial charge in [0.1, 0.15) is 0 Å². The van der Waals surface area contributed by atoms with Crippen LogP contribution in [0.3, 0.4) is 0 Å². The smallest absolute Gasteiger partial charge is 0.255 e. The van der Waals surface area contributed by atoms with E-state index in [0.29, 0.717) is 5.56 Å². The van der Waals surface area contributed by atoms with Gasteiger partial charge in [-0.1, -0.05) is 44.2 Å². The molecule has 7 nitrogen and oxygen atoms in total. The molecule has 1 saturated heterocycles. The molecular weight excluding hydrogens is 390 g/mol. The van der Waals surface area contributed by atoms with E-state index in [2.05, 4.69) is 46.7 Å². The van der Waals surface area contributed by atoms with Gasteiger partial charge >= 0.3 is 0 Å². The third-order valence-corrected chi connectivity index (χ3v) is 5.89. The van der Waals surface area contributed by atoms with Crippen molar-refractivity contribution in [1.82, 2.24) is 20.1 Å². The van der Waals surface area contributed by atoms with Gasteiger partial charge < -0.3 is 15.4 Å². The van der Waals surface area contributed by atoms with E-state index in [4.69, 9.17) is 4.74 Å². The van der Waals surface area contributed by atoms with Gasteiger partial charge in [-0.3, -0.25) is 4.79 Å². The second kappa shape index (κ2) is 9.47. The Balaban J connectivity index is 1.69. The molecule has 0 radical (unpaired) electrons. The summed E-state index contributed by atoms with van der Waals surface area (Å²) in [4.78, 5) is 18.1. The molecule has 31 heavy (non-hydrogen) atoms. The summed E-state index contributed by atoms with van der Waals surface area (Å²) in [5, 5.41) is 12.2. The molecule has 1 aliphatic rings. The van der Waals surface area contributed by atoms with Gasteiger partial charge in [0, 0.05) is 32.0 Å². The van der Waals surface area contributed by atoms with Crippen molar-refractivity contribution in [2.75, 3.05) is 18.5 Å². The molecule has 1 unspecified atom stereocenters. The molecule has 7 heteroatoms. The number of rotatable bonds is 7. The van der Waals surface area contributed by atoms with Crippen LogP contribution in [0, 0.1) is 5.92 Å². The Bertz CT molecular complexity index is 1030. The highest BCUT2D eigenvalue weighted by molar-refractivity contribution is 6.06. The quantitative estimate of drug-likeness (QED) is 0.598. The van der Waals surface area contributed by atoms with E-state index in [1.54, 1.807) is 12.4 Å². The molecule has 0 bridgehead atoms. The highest BCUT2D eigenvalue weighted by Gasteiger charge is 2.25.